The van der Waals surface area contributed by atoms with E-state index in [4.69, 9.17) is 4.74 Å². The number of ether oxygens (including phenoxy) is 1. The molecule has 0 saturated heterocycles. The van der Waals surface area contributed by atoms with Crippen molar-refractivity contribution in [2.45, 2.75) is 57.3 Å². The second kappa shape index (κ2) is 6.50. The van der Waals surface area contributed by atoms with E-state index in [1.807, 2.05) is 6.92 Å². The molecule has 3 aliphatic carbocycles. The van der Waals surface area contributed by atoms with Crippen LogP contribution in [0.4, 0.5) is 17.6 Å². The molecule has 2 aromatic rings. The second-order valence-corrected chi connectivity index (χ2v) is 8.14. The molecule has 3 saturated carbocycles. The van der Waals surface area contributed by atoms with Crippen LogP contribution in [0, 0.1) is 17.0 Å². The van der Waals surface area contributed by atoms with Crippen LogP contribution in [0.2, 0.25) is 0 Å². The molecule has 2 bridgehead atoms. The molecule has 3 aliphatic rings. The summed E-state index contributed by atoms with van der Waals surface area (Å²) >= 11 is 0. The lowest BCUT2D eigenvalue weighted by atomic mass is 9.29. The fraction of sp³-hybridized carbons (Fsp3) is 0.478. The summed E-state index contributed by atoms with van der Waals surface area (Å²) in [6.07, 6.45) is 3.35. The monoisotopic (exact) mass is 392 g/mol. The summed E-state index contributed by atoms with van der Waals surface area (Å²) in [5.41, 5.74) is -0.769. The molecule has 5 heteroatoms. The van der Waals surface area contributed by atoms with Crippen LogP contribution in [0.15, 0.2) is 36.4 Å². The molecule has 0 aromatic heterocycles. The van der Waals surface area contributed by atoms with Crippen molar-refractivity contribution in [3.8, 4) is 16.9 Å². The zero-order chi connectivity index (χ0) is 20.2. The highest BCUT2D eigenvalue weighted by atomic mass is 19.3. The molecule has 0 aliphatic heterocycles. The molecule has 5 rings (SSSR count). The van der Waals surface area contributed by atoms with Crippen LogP contribution in [0.5, 0.6) is 5.75 Å². The van der Waals surface area contributed by atoms with Gasteiger partial charge < -0.3 is 4.74 Å². The molecule has 3 fully saturated rings. The van der Waals surface area contributed by atoms with Gasteiger partial charge in [-0.1, -0.05) is 44.0 Å². The molecule has 2 aromatic carbocycles. The summed E-state index contributed by atoms with van der Waals surface area (Å²) in [5, 5.41) is 0. The van der Waals surface area contributed by atoms with Gasteiger partial charge in [0.05, 0.1) is 12.0 Å². The quantitative estimate of drug-likeness (QED) is 0.466. The molecule has 0 atom stereocenters. The van der Waals surface area contributed by atoms with E-state index in [1.165, 1.54) is 12.1 Å². The Morgan fingerprint density at radius 2 is 1.61 bits per heavy atom. The molecule has 0 amide bonds. The average molecular weight is 392 g/mol. The number of unbranched alkanes of at least 4 members (excludes halogenated alkanes) is 1. The molecule has 0 N–H and O–H groups in total. The first-order chi connectivity index (χ1) is 13.3. The lowest BCUT2D eigenvalue weighted by molar-refractivity contribution is -0.373. The SMILES string of the molecule is CCCCC12CC(c3ccc(-c4ccc(OCC)c(F)c4F)cc3)(C1)C2(F)F. The molecule has 150 valence electrons. The van der Waals surface area contributed by atoms with Gasteiger partial charge in [-0.15, -0.1) is 0 Å². The van der Waals surface area contributed by atoms with Crippen LogP contribution in [0.3, 0.4) is 0 Å². The highest BCUT2D eigenvalue weighted by Crippen LogP contribution is 2.83. The Kier molecular flexibility index (Phi) is 4.48. The normalized spacial score (nSPS) is 27.1. The average Bonchev–Trinajstić information content (AvgIpc) is 2.65. The van der Waals surface area contributed by atoms with Gasteiger partial charge in [0.2, 0.25) is 5.82 Å². The fourth-order valence-electron chi connectivity index (χ4n) is 5.07. The third-order valence-corrected chi connectivity index (χ3v) is 6.65. The van der Waals surface area contributed by atoms with Crippen molar-refractivity contribution in [2.75, 3.05) is 6.61 Å². The van der Waals surface area contributed by atoms with Gasteiger partial charge in [-0.2, -0.15) is 4.39 Å². The summed E-state index contributed by atoms with van der Waals surface area (Å²) < 4.78 is 63.3. The molecule has 0 heterocycles. The number of hydrogen-bond acceptors (Lipinski definition) is 1. The van der Waals surface area contributed by atoms with Crippen LogP contribution < -0.4 is 4.74 Å². The van der Waals surface area contributed by atoms with Crippen LogP contribution in [0.25, 0.3) is 11.1 Å². The van der Waals surface area contributed by atoms with Gasteiger partial charge in [-0.05, 0) is 49.4 Å². The van der Waals surface area contributed by atoms with E-state index in [2.05, 4.69) is 0 Å². The molecule has 0 spiro atoms. The smallest absolute Gasteiger partial charge is 0.263 e. The Balaban J connectivity index is 1.58. The maximum atomic E-state index is 14.8. The van der Waals surface area contributed by atoms with Crippen molar-refractivity contribution in [1.29, 1.82) is 0 Å². The predicted octanol–water partition coefficient (Wildman–Crippen LogP) is 6.89. The standard InChI is InChI=1S/C23H24F4O/c1-3-5-12-21-13-22(14-21,23(21,26)27)16-8-6-15(7-9-16)17-10-11-18(28-4-2)20(25)19(17)24/h6-11H,3-5,12-14H2,1-2H3. The van der Waals surface area contributed by atoms with Crippen LogP contribution >= 0.6 is 0 Å². The van der Waals surface area contributed by atoms with Gasteiger partial charge >= 0.3 is 0 Å². The Bertz CT molecular complexity index is 882. The summed E-state index contributed by atoms with van der Waals surface area (Å²) in [5.74, 6) is -4.85. The largest absolute Gasteiger partial charge is 0.491 e. The highest BCUT2D eigenvalue weighted by Gasteiger charge is 2.87. The zero-order valence-electron chi connectivity index (χ0n) is 16.1. The van der Waals surface area contributed by atoms with Crippen molar-refractivity contribution in [3.05, 3.63) is 53.6 Å². The number of rotatable bonds is 7. The van der Waals surface area contributed by atoms with Gasteiger partial charge in [0, 0.05) is 11.0 Å². The van der Waals surface area contributed by atoms with Crippen molar-refractivity contribution in [3.63, 3.8) is 0 Å². The van der Waals surface area contributed by atoms with Gasteiger partial charge in [-0.25, -0.2) is 13.2 Å². The minimum atomic E-state index is -2.69. The third kappa shape index (κ3) is 2.37. The van der Waals surface area contributed by atoms with E-state index in [1.54, 1.807) is 31.2 Å². The lowest BCUT2D eigenvalue weighted by Gasteiger charge is -2.76. The van der Waals surface area contributed by atoms with E-state index >= 15 is 0 Å². The molecule has 28 heavy (non-hydrogen) atoms. The molecular formula is C23H24F4O. The topological polar surface area (TPSA) is 9.23 Å². The number of hydrogen-bond donors (Lipinski definition) is 0. The fourth-order valence-corrected chi connectivity index (χ4v) is 5.07. The molecule has 0 radical (unpaired) electrons. The number of halogens is 4. The van der Waals surface area contributed by atoms with Gasteiger partial charge in [0.1, 0.15) is 0 Å². The first-order valence-corrected chi connectivity index (χ1v) is 9.91. The van der Waals surface area contributed by atoms with Crippen molar-refractivity contribution in [1.82, 2.24) is 0 Å². The van der Waals surface area contributed by atoms with Crippen molar-refractivity contribution < 1.29 is 22.3 Å². The summed E-state index contributed by atoms with van der Waals surface area (Å²) in [6, 6.07) is 9.32. The first kappa shape index (κ1) is 19.3. The Morgan fingerprint density at radius 3 is 2.18 bits per heavy atom. The minimum Gasteiger partial charge on any atom is -0.491 e. The van der Waals surface area contributed by atoms with E-state index in [-0.39, 0.29) is 17.9 Å². The molecular weight excluding hydrogens is 368 g/mol. The molecule has 1 nitrogen and oxygen atoms in total. The highest BCUT2D eigenvalue weighted by molar-refractivity contribution is 5.66. The van der Waals surface area contributed by atoms with Gasteiger partial charge in [0.25, 0.3) is 5.92 Å². The predicted molar refractivity (Wildman–Crippen MR) is 101 cm³/mol. The second-order valence-electron chi connectivity index (χ2n) is 8.14. The van der Waals surface area contributed by atoms with Crippen LogP contribution in [-0.4, -0.2) is 12.5 Å². The maximum Gasteiger partial charge on any atom is 0.263 e. The third-order valence-electron chi connectivity index (χ3n) is 6.65. The van der Waals surface area contributed by atoms with E-state index in [9.17, 15) is 17.6 Å². The minimum absolute atomic E-state index is 0.0938. The van der Waals surface area contributed by atoms with E-state index < -0.39 is 28.4 Å². The maximum absolute atomic E-state index is 14.8. The van der Waals surface area contributed by atoms with Crippen molar-refractivity contribution >= 4 is 0 Å². The zero-order valence-corrected chi connectivity index (χ0v) is 16.1. The summed E-state index contributed by atoms with van der Waals surface area (Å²) in [4.78, 5) is 0. The van der Waals surface area contributed by atoms with E-state index in [0.29, 0.717) is 30.4 Å². The Morgan fingerprint density at radius 1 is 0.929 bits per heavy atom. The van der Waals surface area contributed by atoms with Crippen LogP contribution in [-0.2, 0) is 5.41 Å². The summed E-state index contributed by atoms with van der Waals surface area (Å²) in [7, 11) is 0. The van der Waals surface area contributed by atoms with Crippen LogP contribution in [0.1, 0.15) is 51.5 Å². The van der Waals surface area contributed by atoms with Crippen molar-refractivity contribution in [2.24, 2.45) is 5.41 Å². The van der Waals surface area contributed by atoms with E-state index in [0.717, 1.165) is 12.8 Å². The molecule has 0 unspecified atom stereocenters. The van der Waals surface area contributed by atoms with Gasteiger partial charge in [-0.3, -0.25) is 0 Å². The Hall–Kier alpha value is -2.04. The summed E-state index contributed by atoms with van der Waals surface area (Å²) in [6.45, 7) is 3.94. The number of alkyl halides is 2. The first-order valence-electron chi connectivity index (χ1n) is 9.91. The lowest BCUT2D eigenvalue weighted by Crippen LogP contribution is -2.81. The number of benzene rings is 2. The Labute approximate surface area is 162 Å². The van der Waals surface area contributed by atoms with Gasteiger partial charge in [0.15, 0.2) is 11.6 Å².